The van der Waals surface area contributed by atoms with Crippen LogP contribution in [0.4, 0.5) is 5.69 Å². The minimum atomic E-state index is -0.337. The maximum absolute atomic E-state index is 12.4. The van der Waals surface area contributed by atoms with E-state index in [0.717, 1.165) is 22.3 Å². The zero-order valence-corrected chi connectivity index (χ0v) is 19.0. The average Bonchev–Trinajstić information content (AvgIpc) is 3.16. The number of amides is 1. The first-order valence-corrected chi connectivity index (χ1v) is 10.5. The highest BCUT2D eigenvalue weighted by Gasteiger charge is 2.16. The summed E-state index contributed by atoms with van der Waals surface area (Å²) in [7, 11) is 0. The summed E-state index contributed by atoms with van der Waals surface area (Å²) in [5, 5.41) is 13.8. The summed E-state index contributed by atoms with van der Waals surface area (Å²) in [5.74, 6) is 0.525. The highest BCUT2D eigenvalue weighted by molar-refractivity contribution is 6.32. The molecule has 164 valence electrons. The van der Waals surface area contributed by atoms with Crippen LogP contribution < -0.4 is 10.1 Å². The van der Waals surface area contributed by atoms with Gasteiger partial charge in [0, 0.05) is 10.7 Å². The Hall–Kier alpha value is -3.51. The molecule has 3 aromatic carbocycles. The number of nitrogens with zero attached hydrogens (tertiary/aromatic N) is 1. The molecule has 0 aliphatic heterocycles. The van der Waals surface area contributed by atoms with Gasteiger partial charge in [-0.05, 0) is 86.3 Å². The number of anilines is 1. The second kappa shape index (κ2) is 8.55. The van der Waals surface area contributed by atoms with E-state index in [4.69, 9.17) is 20.8 Å². The number of nitrogens with one attached hydrogen (secondary N) is 1. The molecular formula is C25H23ClN2O4. The molecule has 1 heterocycles. The fourth-order valence-electron chi connectivity index (χ4n) is 3.61. The molecule has 0 atom stereocenters. The molecule has 32 heavy (non-hydrogen) atoms. The van der Waals surface area contributed by atoms with E-state index in [0.29, 0.717) is 33.1 Å². The summed E-state index contributed by atoms with van der Waals surface area (Å²) < 4.78 is 11.5. The van der Waals surface area contributed by atoms with Gasteiger partial charge < -0.3 is 19.6 Å². The van der Waals surface area contributed by atoms with Gasteiger partial charge in [-0.1, -0.05) is 17.7 Å². The summed E-state index contributed by atoms with van der Waals surface area (Å²) in [6, 6.07) is 12.2. The Morgan fingerprint density at radius 3 is 2.50 bits per heavy atom. The Labute approximate surface area is 190 Å². The monoisotopic (exact) mass is 450 g/mol. The van der Waals surface area contributed by atoms with Crippen molar-refractivity contribution in [2.75, 3.05) is 11.9 Å². The van der Waals surface area contributed by atoms with E-state index in [-0.39, 0.29) is 24.2 Å². The molecule has 0 aliphatic carbocycles. The first-order chi connectivity index (χ1) is 15.2. The van der Waals surface area contributed by atoms with Gasteiger partial charge in [0.2, 0.25) is 5.89 Å². The maximum Gasteiger partial charge on any atom is 0.262 e. The van der Waals surface area contributed by atoms with Gasteiger partial charge in [-0.3, -0.25) is 4.79 Å². The molecule has 1 aromatic heterocycles. The van der Waals surface area contributed by atoms with Gasteiger partial charge in [0.15, 0.2) is 12.2 Å². The van der Waals surface area contributed by atoms with E-state index < -0.39 is 0 Å². The molecular weight excluding hydrogens is 428 g/mol. The molecule has 0 fully saturated rings. The Bertz CT molecular complexity index is 1320. The van der Waals surface area contributed by atoms with E-state index >= 15 is 0 Å². The SMILES string of the molecule is Cc1cc(C)c2oc(-c3cc(NC(=O)COc4cc(C)c(Cl)c(C)c4)ccc3O)nc2c1. The van der Waals surface area contributed by atoms with Crippen LogP contribution in [0, 0.1) is 27.7 Å². The molecule has 4 rings (SSSR count). The third-order valence-electron chi connectivity index (χ3n) is 5.11. The van der Waals surface area contributed by atoms with Crippen molar-refractivity contribution in [2.45, 2.75) is 27.7 Å². The quantitative estimate of drug-likeness (QED) is 0.358. The number of hydrogen-bond donors (Lipinski definition) is 2. The number of aryl methyl sites for hydroxylation is 4. The van der Waals surface area contributed by atoms with Gasteiger partial charge in [0.25, 0.3) is 5.91 Å². The molecule has 7 heteroatoms. The number of aromatic nitrogens is 1. The molecule has 6 nitrogen and oxygen atoms in total. The molecule has 2 N–H and O–H groups in total. The van der Waals surface area contributed by atoms with Crippen LogP contribution in [-0.4, -0.2) is 22.6 Å². The van der Waals surface area contributed by atoms with Crippen molar-refractivity contribution in [3.8, 4) is 23.0 Å². The molecule has 4 aromatic rings. The minimum absolute atomic E-state index is 0.00675. The van der Waals surface area contributed by atoms with Gasteiger partial charge in [-0.2, -0.15) is 0 Å². The molecule has 1 amide bonds. The summed E-state index contributed by atoms with van der Waals surface area (Å²) >= 11 is 6.17. The third-order valence-corrected chi connectivity index (χ3v) is 5.71. The Balaban J connectivity index is 1.52. The lowest BCUT2D eigenvalue weighted by Gasteiger charge is -2.11. The predicted molar refractivity (Wildman–Crippen MR) is 126 cm³/mol. The number of hydrogen-bond acceptors (Lipinski definition) is 5. The van der Waals surface area contributed by atoms with E-state index in [1.54, 1.807) is 24.3 Å². The van der Waals surface area contributed by atoms with Gasteiger partial charge in [-0.15, -0.1) is 0 Å². The molecule has 0 unspecified atom stereocenters. The lowest BCUT2D eigenvalue weighted by molar-refractivity contribution is -0.118. The number of oxazole rings is 1. The summed E-state index contributed by atoms with van der Waals surface area (Å²) in [5.41, 5.74) is 6.07. The number of benzene rings is 3. The second-order valence-electron chi connectivity index (χ2n) is 7.89. The Morgan fingerprint density at radius 2 is 1.78 bits per heavy atom. The standard InChI is InChI=1S/C25H23ClN2O4/c1-13-7-16(4)24-20(8-13)28-25(32-24)19-11-17(5-6-21(19)29)27-22(30)12-31-18-9-14(2)23(26)15(3)10-18/h5-11,29H,12H2,1-4H3,(H,27,30). The van der Waals surface area contributed by atoms with Crippen molar-refractivity contribution >= 4 is 34.3 Å². The second-order valence-corrected chi connectivity index (χ2v) is 8.27. The maximum atomic E-state index is 12.4. The highest BCUT2D eigenvalue weighted by Crippen LogP contribution is 2.34. The molecule has 0 bridgehead atoms. The topological polar surface area (TPSA) is 84.6 Å². The number of carbonyl (C=O) groups is 1. The van der Waals surface area contributed by atoms with E-state index in [1.165, 1.54) is 6.07 Å². The molecule has 0 saturated heterocycles. The third kappa shape index (κ3) is 4.41. The summed E-state index contributed by atoms with van der Waals surface area (Å²) in [6.45, 7) is 7.54. The zero-order chi connectivity index (χ0) is 23.0. The number of fused-ring (bicyclic) bond motifs is 1. The van der Waals surface area contributed by atoms with Crippen molar-refractivity contribution in [3.63, 3.8) is 0 Å². The van der Waals surface area contributed by atoms with Crippen LogP contribution in [0.2, 0.25) is 5.02 Å². The first kappa shape index (κ1) is 21.7. The Kier molecular flexibility index (Phi) is 5.80. The summed E-state index contributed by atoms with van der Waals surface area (Å²) in [4.78, 5) is 16.9. The van der Waals surface area contributed by atoms with Gasteiger partial charge >= 0.3 is 0 Å². The van der Waals surface area contributed by atoms with Crippen molar-refractivity contribution < 1.29 is 19.1 Å². The fourth-order valence-corrected chi connectivity index (χ4v) is 3.72. The van der Waals surface area contributed by atoms with Crippen molar-refractivity contribution in [1.82, 2.24) is 4.98 Å². The lowest BCUT2D eigenvalue weighted by atomic mass is 10.1. The minimum Gasteiger partial charge on any atom is -0.507 e. The van der Waals surface area contributed by atoms with Crippen LogP contribution in [0.3, 0.4) is 0 Å². The van der Waals surface area contributed by atoms with Crippen LogP contribution in [0.25, 0.3) is 22.6 Å². The molecule has 0 spiro atoms. The number of halogens is 1. The Morgan fingerprint density at radius 1 is 1.06 bits per heavy atom. The number of carbonyl (C=O) groups excluding carboxylic acids is 1. The zero-order valence-electron chi connectivity index (χ0n) is 18.2. The largest absolute Gasteiger partial charge is 0.507 e. The molecule has 0 aliphatic rings. The van der Waals surface area contributed by atoms with Gasteiger partial charge in [0.05, 0.1) is 5.56 Å². The van der Waals surface area contributed by atoms with Crippen LogP contribution >= 0.6 is 11.6 Å². The number of ether oxygens (including phenoxy) is 1. The molecule has 0 saturated carbocycles. The number of rotatable bonds is 5. The average molecular weight is 451 g/mol. The van der Waals surface area contributed by atoms with E-state index in [1.807, 2.05) is 39.8 Å². The van der Waals surface area contributed by atoms with Crippen LogP contribution in [0.5, 0.6) is 11.5 Å². The lowest BCUT2D eigenvalue weighted by Crippen LogP contribution is -2.20. The number of phenols is 1. The molecule has 0 radical (unpaired) electrons. The van der Waals surface area contributed by atoms with Gasteiger partial charge in [0.1, 0.15) is 17.0 Å². The van der Waals surface area contributed by atoms with E-state index in [2.05, 4.69) is 10.3 Å². The van der Waals surface area contributed by atoms with Crippen LogP contribution in [0.15, 0.2) is 46.9 Å². The van der Waals surface area contributed by atoms with Crippen molar-refractivity contribution in [3.05, 3.63) is 69.7 Å². The highest BCUT2D eigenvalue weighted by atomic mass is 35.5. The number of phenolic OH excluding ortho intramolecular Hbond substituents is 1. The summed E-state index contributed by atoms with van der Waals surface area (Å²) in [6.07, 6.45) is 0. The normalized spacial score (nSPS) is 11.0. The van der Waals surface area contributed by atoms with Crippen molar-refractivity contribution in [1.29, 1.82) is 0 Å². The fraction of sp³-hybridized carbons (Fsp3) is 0.200. The predicted octanol–water partition coefficient (Wildman–Crippen LogP) is 6.10. The smallest absolute Gasteiger partial charge is 0.262 e. The van der Waals surface area contributed by atoms with Crippen molar-refractivity contribution in [2.24, 2.45) is 0 Å². The van der Waals surface area contributed by atoms with E-state index in [9.17, 15) is 9.90 Å². The first-order valence-electron chi connectivity index (χ1n) is 10.1. The van der Waals surface area contributed by atoms with Gasteiger partial charge in [-0.25, -0.2) is 4.98 Å². The van der Waals surface area contributed by atoms with Crippen LogP contribution in [0.1, 0.15) is 22.3 Å². The van der Waals surface area contributed by atoms with Crippen LogP contribution in [-0.2, 0) is 4.79 Å². The number of aromatic hydroxyl groups is 1.